The number of aromatic amines is 1. The highest BCUT2D eigenvalue weighted by Gasteiger charge is 2.16. The van der Waals surface area contributed by atoms with Gasteiger partial charge in [-0.3, -0.25) is 4.79 Å². The number of furan rings is 1. The molecule has 0 fully saturated rings. The summed E-state index contributed by atoms with van der Waals surface area (Å²) in [7, 11) is -3.90. The van der Waals surface area contributed by atoms with E-state index in [2.05, 4.69) is 16.0 Å². The summed E-state index contributed by atoms with van der Waals surface area (Å²) in [5, 5.41) is 9.61. The van der Waals surface area contributed by atoms with Crippen LogP contribution in [0.3, 0.4) is 0 Å². The van der Waals surface area contributed by atoms with Gasteiger partial charge >= 0.3 is 0 Å². The Morgan fingerprint density at radius 3 is 2.59 bits per heavy atom. The number of aryl methyl sites for hydroxylation is 1. The summed E-state index contributed by atoms with van der Waals surface area (Å²) in [5.74, 6) is 0.725. The molecule has 4 rings (SSSR count). The van der Waals surface area contributed by atoms with Crippen molar-refractivity contribution in [1.29, 1.82) is 5.26 Å². The van der Waals surface area contributed by atoms with Gasteiger partial charge in [0.25, 0.3) is 10.0 Å². The van der Waals surface area contributed by atoms with E-state index in [0.29, 0.717) is 28.5 Å². The van der Waals surface area contributed by atoms with E-state index < -0.39 is 15.9 Å². The minimum Gasteiger partial charge on any atom is -0.457 e. The first-order valence-electron chi connectivity index (χ1n) is 9.57. The number of nitrogens with zero attached hydrogens (tertiary/aromatic N) is 2. The second-order valence-electron chi connectivity index (χ2n) is 7.16. The third kappa shape index (κ3) is 4.31. The quantitative estimate of drug-likeness (QED) is 0.446. The number of sulfonamides is 1. The highest BCUT2D eigenvalue weighted by molar-refractivity contribution is 7.90. The highest BCUT2D eigenvalue weighted by Crippen LogP contribution is 2.26. The van der Waals surface area contributed by atoms with E-state index in [9.17, 15) is 18.5 Å². The second kappa shape index (κ2) is 8.17. The molecule has 2 heterocycles. The molecule has 0 unspecified atom stereocenters. The van der Waals surface area contributed by atoms with E-state index in [1.807, 2.05) is 29.8 Å². The number of H-pyrrole nitrogens is 1. The number of benzene rings is 2. The molecule has 0 atom stereocenters. The molecular formula is C23H18N4O4S. The molecule has 160 valence electrons. The van der Waals surface area contributed by atoms with Crippen LogP contribution >= 0.6 is 0 Å². The largest absolute Gasteiger partial charge is 0.457 e. The van der Waals surface area contributed by atoms with Gasteiger partial charge in [-0.05, 0) is 61.0 Å². The molecule has 2 aromatic carbocycles. The number of hydrogen-bond donors (Lipinski definition) is 2. The van der Waals surface area contributed by atoms with Crippen LogP contribution in [0.5, 0.6) is 0 Å². The zero-order valence-corrected chi connectivity index (χ0v) is 18.0. The molecule has 0 aliphatic heterocycles. The first-order chi connectivity index (χ1) is 15.2. The monoisotopic (exact) mass is 446 g/mol. The molecule has 0 spiro atoms. The summed E-state index contributed by atoms with van der Waals surface area (Å²) >= 11 is 0. The summed E-state index contributed by atoms with van der Waals surface area (Å²) in [4.78, 5) is 18.6. The fourth-order valence-corrected chi connectivity index (χ4v) is 4.17. The van der Waals surface area contributed by atoms with Gasteiger partial charge in [-0.15, -0.1) is 0 Å². The number of carbonyl (C=O) groups is 1. The first-order valence-corrected chi connectivity index (χ1v) is 11.1. The van der Waals surface area contributed by atoms with Crippen molar-refractivity contribution >= 4 is 38.6 Å². The number of nitriles is 1. The van der Waals surface area contributed by atoms with Crippen LogP contribution in [-0.2, 0) is 14.8 Å². The van der Waals surface area contributed by atoms with Crippen molar-refractivity contribution in [3.05, 3.63) is 71.7 Å². The van der Waals surface area contributed by atoms with E-state index in [1.165, 1.54) is 12.1 Å². The van der Waals surface area contributed by atoms with Crippen LogP contribution in [0, 0.1) is 18.3 Å². The van der Waals surface area contributed by atoms with Crippen molar-refractivity contribution in [3.63, 3.8) is 0 Å². The number of fused-ring (bicyclic) bond motifs is 1. The summed E-state index contributed by atoms with van der Waals surface area (Å²) in [5.41, 5.74) is 3.65. The lowest BCUT2D eigenvalue weighted by molar-refractivity contribution is -0.117. The van der Waals surface area contributed by atoms with Gasteiger partial charge in [0.15, 0.2) is 0 Å². The molecule has 8 nitrogen and oxygen atoms in total. The van der Waals surface area contributed by atoms with Crippen LogP contribution in [0.1, 0.15) is 24.1 Å². The van der Waals surface area contributed by atoms with Crippen molar-refractivity contribution in [1.82, 2.24) is 14.7 Å². The predicted molar refractivity (Wildman–Crippen MR) is 119 cm³/mol. The van der Waals surface area contributed by atoms with Gasteiger partial charge in [0.2, 0.25) is 5.91 Å². The van der Waals surface area contributed by atoms with Crippen LogP contribution in [0.15, 0.2) is 63.9 Å². The summed E-state index contributed by atoms with van der Waals surface area (Å²) in [6.07, 6.45) is 1.59. The van der Waals surface area contributed by atoms with Gasteiger partial charge in [-0.25, -0.2) is 18.1 Å². The lowest BCUT2D eigenvalue weighted by Gasteiger charge is -2.05. The van der Waals surface area contributed by atoms with E-state index in [1.54, 1.807) is 30.3 Å². The predicted octanol–water partition coefficient (Wildman–Crippen LogP) is 4.02. The fourth-order valence-electron chi connectivity index (χ4n) is 3.18. The molecule has 0 aliphatic rings. The highest BCUT2D eigenvalue weighted by atomic mass is 32.2. The fraction of sp³-hybridized carbons (Fsp3) is 0.0870. The standard InChI is InChI=1S/C23H18N4O4S/c1-14-3-9-20-21(11-14)26-23(25-20)17(13-24)12-18-6-10-22(31-18)16-4-7-19(8-5-16)32(29,30)27-15(2)28/h3-12H,1-2H3,(H,25,26)(H,27,28)/b17-12-. The lowest BCUT2D eigenvalue weighted by Crippen LogP contribution is -2.28. The van der Waals surface area contributed by atoms with Gasteiger partial charge in [0, 0.05) is 18.6 Å². The molecule has 0 radical (unpaired) electrons. The smallest absolute Gasteiger partial charge is 0.264 e. The number of carbonyl (C=O) groups excluding carboxylic acids is 1. The Hall–Kier alpha value is -4.16. The molecule has 0 saturated heterocycles. The number of allylic oxidation sites excluding steroid dienone is 1. The minimum absolute atomic E-state index is 0.0324. The Bertz CT molecular complexity index is 1500. The van der Waals surface area contributed by atoms with Gasteiger partial charge in [-0.2, -0.15) is 5.26 Å². The molecular weight excluding hydrogens is 428 g/mol. The third-order valence-electron chi connectivity index (χ3n) is 4.65. The van der Waals surface area contributed by atoms with E-state index in [-0.39, 0.29) is 4.90 Å². The number of nitrogens with one attached hydrogen (secondary N) is 2. The molecule has 2 N–H and O–H groups in total. The number of rotatable bonds is 5. The molecule has 4 aromatic rings. The number of aromatic nitrogens is 2. The molecule has 2 aromatic heterocycles. The maximum absolute atomic E-state index is 12.1. The zero-order valence-electron chi connectivity index (χ0n) is 17.2. The third-order valence-corrected chi connectivity index (χ3v) is 6.10. The Labute approximate surface area is 184 Å². The van der Waals surface area contributed by atoms with Crippen molar-refractivity contribution < 1.29 is 17.6 Å². The Morgan fingerprint density at radius 2 is 1.91 bits per heavy atom. The average molecular weight is 446 g/mol. The lowest BCUT2D eigenvalue weighted by atomic mass is 10.2. The van der Waals surface area contributed by atoms with Crippen molar-refractivity contribution in [3.8, 4) is 17.4 Å². The Morgan fingerprint density at radius 1 is 1.16 bits per heavy atom. The molecule has 0 saturated carbocycles. The number of hydrogen-bond acceptors (Lipinski definition) is 6. The minimum atomic E-state index is -3.90. The summed E-state index contributed by atoms with van der Waals surface area (Å²) < 4.78 is 31.9. The van der Waals surface area contributed by atoms with Crippen LogP contribution < -0.4 is 4.72 Å². The topological polar surface area (TPSA) is 129 Å². The second-order valence-corrected chi connectivity index (χ2v) is 8.85. The van der Waals surface area contributed by atoms with E-state index in [0.717, 1.165) is 23.5 Å². The van der Waals surface area contributed by atoms with E-state index in [4.69, 9.17) is 4.42 Å². The zero-order chi connectivity index (χ0) is 22.9. The van der Waals surface area contributed by atoms with Gasteiger partial charge in [0.1, 0.15) is 23.4 Å². The van der Waals surface area contributed by atoms with Gasteiger partial charge in [0.05, 0.1) is 21.5 Å². The molecule has 32 heavy (non-hydrogen) atoms. The van der Waals surface area contributed by atoms with Crippen LogP contribution in [-0.4, -0.2) is 24.3 Å². The maximum atomic E-state index is 12.1. The van der Waals surface area contributed by atoms with E-state index >= 15 is 0 Å². The van der Waals surface area contributed by atoms with Crippen LogP contribution in [0.2, 0.25) is 0 Å². The maximum Gasteiger partial charge on any atom is 0.264 e. The van der Waals surface area contributed by atoms with Gasteiger partial charge in [-0.1, -0.05) is 6.07 Å². The van der Waals surface area contributed by atoms with Crippen molar-refractivity contribution in [2.45, 2.75) is 18.7 Å². The Balaban J connectivity index is 1.60. The SMILES string of the molecule is CC(=O)NS(=O)(=O)c1ccc(-c2ccc(/C=C(/C#N)c3nc4ccc(C)cc4[nH]3)o2)cc1. The molecule has 9 heteroatoms. The molecule has 0 aliphatic carbocycles. The average Bonchev–Trinajstić information content (AvgIpc) is 3.37. The van der Waals surface area contributed by atoms with Gasteiger partial charge < -0.3 is 9.40 Å². The summed E-state index contributed by atoms with van der Waals surface area (Å²) in [6.45, 7) is 3.11. The first kappa shape index (κ1) is 21.1. The summed E-state index contributed by atoms with van der Waals surface area (Å²) in [6, 6.07) is 17.3. The molecule has 1 amide bonds. The van der Waals surface area contributed by atoms with Crippen molar-refractivity contribution in [2.24, 2.45) is 0 Å². The van der Waals surface area contributed by atoms with Crippen LogP contribution in [0.25, 0.3) is 34.0 Å². The Kier molecular flexibility index (Phi) is 5.38. The number of amides is 1. The van der Waals surface area contributed by atoms with Crippen molar-refractivity contribution in [2.75, 3.05) is 0 Å². The number of imidazole rings is 1. The molecule has 0 bridgehead atoms. The normalized spacial score (nSPS) is 12.0. The van der Waals surface area contributed by atoms with Crippen LogP contribution in [0.4, 0.5) is 0 Å².